The van der Waals surface area contributed by atoms with Gasteiger partial charge >= 0.3 is 0 Å². The first-order chi connectivity index (χ1) is 8.15. The van der Waals surface area contributed by atoms with Crippen LogP contribution in [0.15, 0.2) is 6.20 Å². The van der Waals surface area contributed by atoms with E-state index >= 15 is 0 Å². The summed E-state index contributed by atoms with van der Waals surface area (Å²) >= 11 is 11.9. The van der Waals surface area contributed by atoms with Crippen molar-refractivity contribution in [2.75, 3.05) is 0 Å². The number of alkyl halides is 1. The predicted molar refractivity (Wildman–Crippen MR) is 66.3 cm³/mol. The number of aryl methyl sites for hydroxylation is 2. The Kier molecular flexibility index (Phi) is 3.69. The van der Waals surface area contributed by atoms with Crippen molar-refractivity contribution < 1.29 is 0 Å². The van der Waals surface area contributed by atoms with E-state index in [1.165, 1.54) is 0 Å². The lowest BCUT2D eigenvalue weighted by Crippen LogP contribution is -2.08. The summed E-state index contributed by atoms with van der Waals surface area (Å²) in [5.74, 6) is 0.361. The van der Waals surface area contributed by atoms with Crippen LogP contribution < -0.4 is 0 Å². The first kappa shape index (κ1) is 12.4. The Morgan fingerprint density at radius 1 is 1.41 bits per heavy atom. The Bertz CT molecular complexity index is 517. The van der Waals surface area contributed by atoms with Gasteiger partial charge in [0, 0.05) is 6.54 Å². The molecule has 0 saturated heterocycles. The maximum Gasteiger partial charge on any atom is 0.0974 e. The standard InChI is InChI=1S/C10H13Cl2N5/c1-3-17-9(10(12)7(2)14-17)6-16-5-8(4-11)13-15-16/h5H,3-4,6H2,1-2H3. The van der Waals surface area contributed by atoms with Crippen molar-refractivity contribution in [3.05, 3.63) is 28.3 Å². The third-order valence-electron chi connectivity index (χ3n) is 2.49. The summed E-state index contributed by atoms with van der Waals surface area (Å²) in [5, 5.41) is 13.0. The molecule has 0 radical (unpaired) electrons. The highest BCUT2D eigenvalue weighted by Crippen LogP contribution is 2.21. The first-order valence-electron chi connectivity index (χ1n) is 5.32. The molecule has 0 aliphatic heterocycles. The summed E-state index contributed by atoms with van der Waals surface area (Å²) in [7, 11) is 0. The van der Waals surface area contributed by atoms with Gasteiger partial charge < -0.3 is 0 Å². The lowest BCUT2D eigenvalue weighted by Gasteiger charge is -2.04. The van der Waals surface area contributed by atoms with Crippen molar-refractivity contribution in [3.63, 3.8) is 0 Å². The molecule has 2 aromatic rings. The average molecular weight is 274 g/mol. The fraction of sp³-hybridized carbons (Fsp3) is 0.500. The molecule has 0 saturated carbocycles. The van der Waals surface area contributed by atoms with E-state index in [-0.39, 0.29) is 0 Å². The Morgan fingerprint density at radius 3 is 2.76 bits per heavy atom. The maximum atomic E-state index is 6.21. The van der Waals surface area contributed by atoms with E-state index in [2.05, 4.69) is 15.4 Å². The molecule has 0 aliphatic carbocycles. The van der Waals surface area contributed by atoms with E-state index in [9.17, 15) is 0 Å². The maximum absolute atomic E-state index is 6.21. The normalized spacial score (nSPS) is 11.1. The van der Waals surface area contributed by atoms with Gasteiger partial charge in [-0.2, -0.15) is 5.10 Å². The topological polar surface area (TPSA) is 48.5 Å². The second-order valence-corrected chi connectivity index (χ2v) is 4.35. The quantitative estimate of drug-likeness (QED) is 0.803. The molecule has 7 heteroatoms. The molecule has 2 rings (SSSR count). The Balaban J connectivity index is 2.28. The van der Waals surface area contributed by atoms with Crippen LogP contribution in [-0.2, 0) is 19.0 Å². The lowest BCUT2D eigenvalue weighted by atomic mass is 10.3. The largest absolute Gasteiger partial charge is 0.266 e. The van der Waals surface area contributed by atoms with Crippen LogP contribution in [0.1, 0.15) is 24.0 Å². The molecule has 0 aromatic carbocycles. The number of nitrogens with zero attached hydrogens (tertiary/aromatic N) is 5. The van der Waals surface area contributed by atoms with Crippen LogP contribution in [0.5, 0.6) is 0 Å². The van der Waals surface area contributed by atoms with Crippen LogP contribution in [-0.4, -0.2) is 24.8 Å². The molecule has 0 N–H and O–H groups in total. The molecular formula is C10H13Cl2N5. The summed E-state index contributed by atoms with van der Waals surface area (Å²) < 4.78 is 3.59. The third-order valence-corrected chi connectivity index (χ3v) is 3.25. The van der Waals surface area contributed by atoms with E-state index in [1.54, 1.807) is 4.68 Å². The average Bonchev–Trinajstić information content (AvgIpc) is 2.89. The number of aromatic nitrogens is 5. The molecule has 0 spiro atoms. The minimum absolute atomic E-state index is 0.361. The molecule has 92 valence electrons. The molecule has 0 amide bonds. The minimum Gasteiger partial charge on any atom is -0.266 e. The number of halogens is 2. The van der Waals surface area contributed by atoms with E-state index < -0.39 is 0 Å². The van der Waals surface area contributed by atoms with Gasteiger partial charge in [-0.25, -0.2) is 4.68 Å². The van der Waals surface area contributed by atoms with Gasteiger partial charge in [0.15, 0.2) is 0 Å². The number of hydrogen-bond acceptors (Lipinski definition) is 3. The molecular weight excluding hydrogens is 261 g/mol. The summed E-state index contributed by atoms with van der Waals surface area (Å²) in [6, 6.07) is 0. The Hall–Kier alpha value is -1.07. The fourth-order valence-corrected chi connectivity index (χ4v) is 1.97. The molecule has 0 aliphatic rings. The Labute approximate surface area is 109 Å². The highest BCUT2D eigenvalue weighted by Gasteiger charge is 2.13. The van der Waals surface area contributed by atoms with E-state index in [0.717, 1.165) is 23.6 Å². The summed E-state index contributed by atoms with van der Waals surface area (Å²) in [6.45, 7) is 5.25. The zero-order valence-corrected chi connectivity index (χ0v) is 11.2. The molecule has 0 atom stereocenters. The van der Waals surface area contributed by atoms with Gasteiger partial charge in [-0.05, 0) is 13.8 Å². The minimum atomic E-state index is 0.361. The van der Waals surface area contributed by atoms with Crippen LogP contribution in [0.25, 0.3) is 0 Å². The van der Waals surface area contributed by atoms with Crippen molar-refractivity contribution in [2.24, 2.45) is 0 Å². The molecule has 0 bridgehead atoms. The van der Waals surface area contributed by atoms with Gasteiger partial charge in [0.05, 0.1) is 40.7 Å². The smallest absolute Gasteiger partial charge is 0.0974 e. The SMILES string of the molecule is CCn1nc(C)c(Cl)c1Cn1cc(CCl)nn1. The monoisotopic (exact) mass is 273 g/mol. The van der Waals surface area contributed by atoms with Gasteiger partial charge in [-0.1, -0.05) is 16.8 Å². The van der Waals surface area contributed by atoms with Crippen LogP contribution in [0, 0.1) is 6.92 Å². The Morgan fingerprint density at radius 2 is 2.18 bits per heavy atom. The number of rotatable bonds is 4. The lowest BCUT2D eigenvalue weighted by molar-refractivity contribution is 0.565. The van der Waals surface area contributed by atoms with Gasteiger partial charge in [0.25, 0.3) is 0 Å². The summed E-state index contributed by atoms with van der Waals surface area (Å²) in [4.78, 5) is 0. The van der Waals surface area contributed by atoms with Crippen molar-refractivity contribution in [3.8, 4) is 0 Å². The van der Waals surface area contributed by atoms with Crippen molar-refractivity contribution in [1.29, 1.82) is 0 Å². The van der Waals surface area contributed by atoms with Gasteiger partial charge in [-0.3, -0.25) is 4.68 Å². The van der Waals surface area contributed by atoms with E-state index in [4.69, 9.17) is 23.2 Å². The highest BCUT2D eigenvalue weighted by molar-refractivity contribution is 6.31. The molecule has 0 fully saturated rings. The van der Waals surface area contributed by atoms with Crippen LogP contribution in [0.2, 0.25) is 5.02 Å². The van der Waals surface area contributed by atoms with Gasteiger partial charge in [-0.15, -0.1) is 16.7 Å². The number of hydrogen-bond donors (Lipinski definition) is 0. The predicted octanol–water partition coefficient (Wildman–Crippen LogP) is 2.24. The third kappa shape index (κ3) is 2.45. The van der Waals surface area contributed by atoms with Crippen LogP contribution >= 0.6 is 23.2 Å². The molecule has 17 heavy (non-hydrogen) atoms. The van der Waals surface area contributed by atoms with Crippen molar-refractivity contribution >= 4 is 23.2 Å². The molecule has 2 heterocycles. The zero-order chi connectivity index (χ0) is 12.4. The van der Waals surface area contributed by atoms with E-state index in [1.807, 2.05) is 24.7 Å². The summed E-state index contributed by atoms with van der Waals surface area (Å²) in [6.07, 6.45) is 1.81. The molecule has 5 nitrogen and oxygen atoms in total. The zero-order valence-electron chi connectivity index (χ0n) is 9.69. The molecule has 0 unspecified atom stereocenters. The first-order valence-corrected chi connectivity index (χ1v) is 6.23. The van der Waals surface area contributed by atoms with E-state index in [0.29, 0.717) is 17.4 Å². The second kappa shape index (κ2) is 5.06. The second-order valence-electron chi connectivity index (χ2n) is 3.70. The summed E-state index contributed by atoms with van der Waals surface area (Å²) in [5.41, 5.74) is 2.53. The van der Waals surface area contributed by atoms with Crippen molar-refractivity contribution in [1.82, 2.24) is 24.8 Å². The highest BCUT2D eigenvalue weighted by atomic mass is 35.5. The van der Waals surface area contributed by atoms with Gasteiger partial charge in [0.1, 0.15) is 0 Å². The fourth-order valence-electron chi connectivity index (χ4n) is 1.65. The van der Waals surface area contributed by atoms with Crippen LogP contribution in [0.4, 0.5) is 0 Å². The molecule has 2 aromatic heterocycles. The van der Waals surface area contributed by atoms with Crippen LogP contribution in [0.3, 0.4) is 0 Å². The van der Waals surface area contributed by atoms with Crippen molar-refractivity contribution in [2.45, 2.75) is 32.8 Å². The van der Waals surface area contributed by atoms with Gasteiger partial charge in [0.2, 0.25) is 0 Å².